The van der Waals surface area contributed by atoms with Gasteiger partial charge in [0.2, 0.25) is 0 Å². The molecule has 2 fully saturated rings. The van der Waals surface area contributed by atoms with Crippen molar-refractivity contribution in [3.05, 3.63) is 29.6 Å². The molecule has 0 amide bonds. The van der Waals surface area contributed by atoms with E-state index >= 15 is 0 Å². The fourth-order valence-electron chi connectivity index (χ4n) is 3.15. The van der Waals surface area contributed by atoms with E-state index in [1.807, 2.05) is 12.3 Å². The minimum Gasteiger partial charge on any atom is -0.373 e. The highest BCUT2D eigenvalue weighted by molar-refractivity contribution is 5.24. The predicted octanol–water partition coefficient (Wildman–Crippen LogP) is 2.39. The molecule has 2 bridgehead atoms. The molecule has 3 nitrogen and oxygen atoms in total. The predicted molar refractivity (Wildman–Crippen MR) is 63.2 cm³/mol. The first-order valence-electron chi connectivity index (χ1n) is 6.21. The third-order valence-electron chi connectivity index (χ3n) is 4.14. The molecule has 3 heteroatoms. The van der Waals surface area contributed by atoms with Gasteiger partial charge < -0.3 is 4.74 Å². The Bertz CT molecular complexity index is 479. The summed E-state index contributed by atoms with van der Waals surface area (Å²) in [5, 5.41) is 9.53. The molecule has 3 unspecified atom stereocenters. The molecule has 0 aromatic carbocycles. The van der Waals surface area contributed by atoms with Gasteiger partial charge in [-0.3, -0.25) is 4.98 Å². The zero-order valence-corrected chi connectivity index (χ0v) is 10.0. The molecule has 17 heavy (non-hydrogen) atoms. The summed E-state index contributed by atoms with van der Waals surface area (Å²) in [5.74, 6) is 0. The van der Waals surface area contributed by atoms with Crippen LogP contribution in [0.15, 0.2) is 18.3 Å². The Morgan fingerprint density at radius 1 is 1.59 bits per heavy atom. The zero-order valence-electron chi connectivity index (χ0n) is 10.0. The monoisotopic (exact) mass is 228 g/mol. The van der Waals surface area contributed by atoms with Crippen molar-refractivity contribution in [1.29, 1.82) is 5.26 Å². The minimum atomic E-state index is -0.331. The van der Waals surface area contributed by atoms with Crippen LogP contribution in [0.2, 0.25) is 0 Å². The Morgan fingerprint density at radius 3 is 3.06 bits per heavy atom. The molecule has 0 spiro atoms. The van der Waals surface area contributed by atoms with Crippen LogP contribution in [0, 0.1) is 23.7 Å². The quantitative estimate of drug-likeness (QED) is 0.780. The van der Waals surface area contributed by atoms with Crippen molar-refractivity contribution >= 4 is 0 Å². The lowest BCUT2D eigenvalue weighted by Gasteiger charge is -2.28. The van der Waals surface area contributed by atoms with Crippen molar-refractivity contribution in [3.8, 4) is 6.07 Å². The first kappa shape index (κ1) is 10.7. The summed E-state index contributed by atoms with van der Waals surface area (Å²) in [6, 6.07) is 6.52. The molecule has 0 radical (unpaired) electrons. The number of rotatable bonds is 2. The molecule has 3 atom stereocenters. The summed E-state index contributed by atoms with van der Waals surface area (Å²) >= 11 is 0. The highest BCUT2D eigenvalue weighted by atomic mass is 16.5. The standard InChI is InChI=1S/C14H16N2O/c1-10-3-2-6-16-12(10)8-14(9-15)7-11-4-5-13(14)17-11/h2-3,6,11,13H,4-5,7-8H2,1H3. The van der Waals surface area contributed by atoms with Crippen molar-refractivity contribution in [2.75, 3.05) is 0 Å². The Morgan fingerprint density at radius 2 is 2.47 bits per heavy atom. The van der Waals surface area contributed by atoms with E-state index in [1.54, 1.807) is 0 Å². The fraction of sp³-hybridized carbons (Fsp3) is 0.571. The molecule has 3 rings (SSSR count). The topological polar surface area (TPSA) is 45.9 Å². The molecule has 0 aliphatic carbocycles. The van der Waals surface area contributed by atoms with Crippen molar-refractivity contribution in [2.24, 2.45) is 5.41 Å². The molecule has 0 saturated carbocycles. The van der Waals surface area contributed by atoms with Gasteiger partial charge in [-0.05, 0) is 37.8 Å². The summed E-state index contributed by atoms with van der Waals surface area (Å²) in [6.45, 7) is 2.06. The number of hydrogen-bond donors (Lipinski definition) is 0. The van der Waals surface area contributed by atoms with E-state index in [0.29, 0.717) is 6.10 Å². The van der Waals surface area contributed by atoms with Crippen molar-refractivity contribution in [2.45, 2.75) is 44.8 Å². The summed E-state index contributed by atoms with van der Waals surface area (Å²) in [6.07, 6.45) is 6.00. The molecule has 1 aromatic heterocycles. The molecule has 1 aromatic rings. The minimum absolute atomic E-state index is 0.124. The third kappa shape index (κ3) is 1.64. The Labute approximate surface area is 101 Å². The van der Waals surface area contributed by atoms with Crippen LogP contribution in [0.4, 0.5) is 0 Å². The number of nitriles is 1. The highest BCUT2D eigenvalue weighted by Gasteiger charge is 2.53. The van der Waals surface area contributed by atoms with E-state index in [9.17, 15) is 5.26 Å². The average Bonchev–Trinajstić information content (AvgIpc) is 2.93. The van der Waals surface area contributed by atoms with Gasteiger partial charge >= 0.3 is 0 Å². The number of hydrogen-bond acceptors (Lipinski definition) is 3. The molecule has 3 heterocycles. The van der Waals surface area contributed by atoms with Crippen LogP contribution in [0.25, 0.3) is 0 Å². The van der Waals surface area contributed by atoms with E-state index in [4.69, 9.17) is 4.74 Å². The smallest absolute Gasteiger partial charge is 0.0914 e. The molecule has 0 N–H and O–H groups in total. The lowest BCUT2D eigenvalue weighted by molar-refractivity contribution is 0.0785. The van der Waals surface area contributed by atoms with Crippen LogP contribution in [0.5, 0.6) is 0 Å². The third-order valence-corrected chi connectivity index (χ3v) is 4.14. The van der Waals surface area contributed by atoms with Gasteiger partial charge in [-0.15, -0.1) is 0 Å². The van der Waals surface area contributed by atoms with E-state index < -0.39 is 0 Å². The van der Waals surface area contributed by atoms with E-state index in [-0.39, 0.29) is 11.5 Å². The Hall–Kier alpha value is -1.40. The lowest BCUT2D eigenvalue weighted by Crippen LogP contribution is -2.33. The van der Waals surface area contributed by atoms with Gasteiger partial charge in [-0.2, -0.15) is 5.26 Å². The van der Waals surface area contributed by atoms with Crippen LogP contribution in [0.1, 0.15) is 30.5 Å². The molecule has 2 saturated heterocycles. The number of nitrogens with zero attached hydrogens (tertiary/aromatic N) is 2. The maximum atomic E-state index is 9.53. The number of aryl methyl sites for hydroxylation is 1. The van der Waals surface area contributed by atoms with Gasteiger partial charge in [0.1, 0.15) is 0 Å². The molecule has 2 aliphatic heterocycles. The molecule has 88 valence electrons. The number of fused-ring (bicyclic) bond motifs is 2. The maximum Gasteiger partial charge on any atom is 0.0914 e. The second-order valence-electron chi connectivity index (χ2n) is 5.24. The molecule has 2 aliphatic rings. The fourth-order valence-corrected chi connectivity index (χ4v) is 3.15. The van der Waals surface area contributed by atoms with E-state index in [2.05, 4.69) is 24.0 Å². The molecular formula is C14H16N2O. The molecular weight excluding hydrogens is 212 g/mol. The van der Waals surface area contributed by atoms with Gasteiger partial charge in [0.15, 0.2) is 0 Å². The second-order valence-corrected chi connectivity index (χ2v) is 5.24. The second kappa shape index (κ2) is 3.82. The van der Waals surface area contributed by atoms with Crippen molar-refractivity contribution in [3.63, 3.8) is 0 Å². The highest BCUT2D eigenvalue weighted by Crippen LogP contribution is 2.49. The Kier molecular flexibility index (Phi) is 2.41. The van der Waals surface area contributed by atoms with Crippen LogP contribution in [0.3, 0.4) is 0 Å². The summed E-state index contributed by atoms with van der Waals surface area (Å²) in [5.41, 5.74) is 1.89. The van der Waals surface area contributed by atoms with Crippen molar-refractivity contribution in [1.82, 2.24) is 4.98 Å². The van der Waals surface area contributed by atoms with Gasteiger partial charge in [0.05, 0.1) is 23.7 Å². The lowest BCUT2D eigenvalue weighted by atomic mass is 9.71. The SMILES string of the molecule is Cc1cccnc1CC1(C#N)CC2CCC1O2. The van der Waals surface area contributed by atoms with Gasteiger partial charge in [0, 0.05) is 18.3 Å². The number of ether oxygens (including phenoxy) is 1. The van der Waals surface area contributed by atoms with Gasteiger partial charge in [-0.25, -0.2) is 0 Å². The van der Waals surface area contributed by atoms with Gasteiger partial charge in [-0.1, -0.05) is 6.07 Å². The first-order valence-corrected chi connectivity index (χ1v) is 6.21. The first-order chi connectivity index (χ1) is 8.23. The largest absolute Gasteiger partial charge is 0.373 e. The van der Waals surface area contributed by atoms with Crippen molar-refractivity contribution < 1.29 is 4.74 Å². The normalized spacial score (nSPS) is 34.8. The maximum absolute atomic E-state index is 9.53. The van der Waals surface area contributed by atoms with Crippen LogP contribution < -0.4 is 0 Å². The zero-order chi connectivity index (χ0) is 11.9. The summed E-state index contributed by atoms with van der Waals surface area (Å²) < 4.78 is 5.84. The summed E-state index contributed by atoms with van der Waals surface area (Å²) in [7, 11) is 0. The number of pyridine rings is 1. The van der Waals surface area contributed by atoms with Crippen LogP contribution in [-0.4, -0.2) is 17.2 Å². The Balaban J connectivity index is 1.89. The van der Waals surface area contributed by atoms with Crippen LogP contribution in [-0.2, 0) is 11.2 Å². The number of aromatic nitrogens is 1. The van der Waals surface area contributed by atoms with Crippen LogP contribution >= 0.6 is 0 Å². The summed E-state index contributed by atoms with van der Waals surface area (Å²) in [4.78, 5) is 4.41. The van der Waals surface area contributed by atoms with Gasteiger partial charge in [0.25, 0.3) is 0 Å². The van der Waals surface area contributed by atoms with E-state index in [0.717, 1.165) is 31.4 Å². The average molecular weight is 228 g/mol. The van der Waals surface area contributed by atoms with E-state index in [1.165, 1.54) is 5.56 Å².